The quantitative estimate of drug-likeness (QED) is 0.0967. The number of fused-ring (bicyclic) bond motifs is 1. The molecule has 4 atom stereocenters. The molecular formula is C44H55NO4Si. The van der Waals surface area contributed by atoms with Crippen LogP contribution in [0.4, 0.5) is 0 Å². The lowest BCUT2D eigenvalue weighted by molar-refractivity contribution is -0.157. The topological polar surface area (TPSA) is 64.6 Å². The zero-order valence-electron chi connectivity index (χ0n) is 31.2. The third kappa shape index (κ3) is 8.94. The van der Waals surface area contributed by atoms with Crippen LogP contribution in [0.2, 0.25) is 18.1 Å². The van der Waals surface area contributed by atoms with E-state index in [2.05, 4.69) is 115 Å². The SMILES string of the molecule is C[C@@H]1CC[C@@H](C(C)(C)c2ccc3ccccc3c2)[C@H](OC(=O)[C@H](/C=C/Cc2cccc(O[Si](C)(C)C(C)(C)C)c2)NC(=O)c2ccccc2)C1. The van der Waals surface area contributed by atoms with Crippen molar-refractivity contribution in [2.45, 2.75) is 103 Å². The van der Waals surface area contributed by atoms with Crippen molar-refractivity contribution in [3.8, 4) is 5.75 Å². The van der Waals surface area contributed by atoms with E-state index >= 15 is 0 Å². The van der Waals surface area contributed by atoms with Gasteiger partial charge in [-0.3, -0.25) is 4.79 Å². The van der Waals surface area contributed by atoms with Crippen LogP contribution in [0.5, 0.6) is 5.75 Å². The summed E-state index contributed by atoms with van der Waals surface area (Å²) in [5.74, 6) is 0.681. The van der Waals surface area contributed by atoms with Gasteiger partial charge in [-0.25, -0.2) is 4.79 Å². The van der Waals surface area contributed by atoms with Gasteiger partial charge in [0.2, 0.25) is 8.32 Å². The monoisotopic (exact) mass is 689 g/mol. The maximum atomic E-state index is 14.1. The summed E-state index contributed by atoms with van der Waals surface area (Å²) in [5, 5.41) is 5.48. The molecule has 1 saturated carbocycles. The average Bonchev–Trinajstić information content (AvgIpc) is 3.07. The predicted octanol–water partition coefficient (Wildman–Crippen LogP) is 10.4. The Morgan fingerprint density at radius 3 is 2.28 bits per heavy atom. The third-order valence-corrected chi connectivity index (χ3v) is 15.4. The molecule has 1 N–H and O–H groups in total. The molecule has 4 aromatic carbocycles. The second kappa shape index (κ2) is 15.4. The largest absolute Gasteiger partial charge is 0.543 e. The van der Waals surface area contributed by atoms with E-state index in [4.69, 9.17) is 9.16 Å². The molecule has 50 heavy (non-hydrogen) atoms. The van der Waals surface area contributed by atoms with Gasteiger partial charge in [0.25, 0.3) is 5.91 Å². The fourth-order valence-electron chi connectivity index (χ4n) is 6.83. The van der Waals surface area contributed by atoms with Crippen LogP contribution in [-0.4, -0.2) is 32.3 Å². The molecule has 0 heterocycles. The molecule has 0 unspecified atom stereocenters. The summed E-state index contributed by atoms with van der Waals surface area (Å²) >= 11 is 0. The normalized spacial score (nSPS) is 19.2. The highest BCUT2D eigenvalue weighted by atomic mass is 28.4. The number of hydrogen-bond donors (Lipinski definition) is 1. The molecular weight excluding hydrogens is 635 g/mol. The third-order valence-electron chi connectivity index (χ3n) is 11.1. The minimum absolute atomic E-state index is 0.0905. The Morgan fingerprint density at radius 1 is 0.860 bits per heavy atom. The molecule has 0 aromatic heterocycles. The number of hydrogen-bond acceptors (Lipinski definition) is 4. The van der Waals surface area contributed by atoms with Gasteiger partial charge in [0, 0.05) is 11.5 Å². The summed E-state index contributed by atoms with van der Waals surface area (Å²) in [6.45, 7) is 18.0. The first kappa shape index (κ1) is 37.1. The highest BCUT2D eigenvalue weighted by molar-refractivity contribution is 6.74. The molecule has 1 amide bonds. The molecule has 4 aromatic rings. The second-order valence-electron chi connectivity index (χ2n) is 16.2. The first-order valence-corrected chi connectivity index (χ1v) is 21.1. The first-order chi connectivity index (χ1) is 23.6. The van der Waals surface area contributed by atoms with Crippen molar-refractivity contribution < 1.29 is 18.8 Å². The Morgan fingerprint density at radius 2 is 1.56 bits per heavy atom. The van der Waals surface area contributed by atoms with Gasteiger partial charge in [0.05, 0.1) is 0 Å². The van der Waals surface area contributed by atoms with Gasteiger partial charge in [-0.15, -0.1) is 0 Å². The fourth-order valence-corrected chi connectivity index (χ4v) is 7.86. The second-order valence-corrected chi connectivity index (χ2v) is 21.0. The zero-order chi connectivity index (χ0) is 36.1. The van der Waals surface area contributed by atoms with E-state index < -0.39 is 20.3 Å². The molecule has 0 spiro atoms. The molecule has 0 saturated heterocycles. The lowest BCUT2D eigenvalue weighted by atomic mass is 9.64. The first-order valence-electron chi connectivity index (χ1n) is 18.1. The number of carbonyl (C=O) groups is 2. The predicted molar refractivity (Wildman–Crippen MR) is 208 cm³/mol. The molecule has 264 valence electrons. The van der Waals surface area contributed by atoms with Crippen molar-refractivity contribution in [1.29, 1.82) is 0 Å². The number of benzene rings is 4. The van der Waals surface area contributed by atoms with Crippen LogP contribution in [0, 0.1) is 11.8 Å². The Kier molecular flexibility index (Phi) is 11.4. The van der Waals surface area contributed by atoms with Crippen molar-refractivity contribution in [3.05, 3.63) is 126 Å². The number of carbonyl (C=O) groups excluding carboxylic acids is 2. The van der Waals surface area contributed by atoms with Crippen molar-refractivity contribution in [1.82, 2.24) is 5.32 Å². The van der Waals surface area contributed by atoms with Gasteiger partial charge < -0.3 is 14.5 Å². The van der Waals surface area contributed by atoms with Crippen LogP contribution in [0.1, 0.15) is 82.3 Å². The van der Waals surface area contributed by atoms with Crippen LogP contribution in [0.15, 0.2) is 109 Å². The summed E-state index contributed by atoms with van der Waals surface area (Å²) in [6.07, 6.45) is 6.87. The van der Waals surface area contributed by atoms with Crippen molar-refractivity contribution in [2.75, 3.05) is 0 Å². The van der Waals surface area contributed by atoms with Crippen molar-refractivity contribution >= 4 is 31.0 Å². The van der Waals surface area contributed by atoms with Crippen LogP contribution >= 0.6 is 0 Å². The van der Waals surface area contributed by atoms with E-state index in [9.17, 15) is 9.59 Å². The van der Waals surface area contributed by atoms with Gasteiger partial charge in [-0.05, 0) is 94.9 Å². The van der Waals surface area contributed by atoms with E-state index in [1.54, 1.807) is 18.2 Å². The number of amides is 1. The van der Waals surface area contributed by atoms with Gasteiger partial charge in [-0.1, -0.05) is 133 Å². The van der Waals surface area contributed by atoms with Crippen LogP contribution < -0.4 is 9.74 Å². The van der Waals surface area contributed by atoms with Crippen LogP contribution in [0.25, 0.3) is 10.8 Å². The Balaban J connectivity index is 1.37. The highest BCUT2D eigenvalue weighted by Gasteiger charge is 2.43. The van der Waals surface area contributed by atoms with E-state index in [1.165, 1.54) is 16.3 Å². The standard InChI is InChI=1S/C44H55NO4Si/c1-31-24-27-38(44(5,6)36-26-25-33-18-12-13-21-35(33)30-36)40(28-31)48-42(47)39(45-41(46)34-19-10-9-11-20-34)23-15-17-32-16-14-22-37(29-32)49-50(7,8)43(2,3)4/h9-16,18-23,25-26,29-31,38-40H,17,24,27-28H2,1-8H3,(H,45,46)/b23-15+/t31-,38-,39+,40-/m1/s1. The number of allylic oxidation sites excluding steroid dienone is 1. The molecule has 6 heteroatoms. The number of ether oxygens (including phenoxy) is 1. The van der Waals surface area contributed by atoms with Crippen LogP contribution in [-0.2, 0) is 21.4 Å². The zero-order valence-corrected chi connectivity index (χ0v) is 32.2. The molecule has 1 fully saturated rings. The van der Waals surface area contributed by atoms with E-state index in [1.807, 2.05) is 36.4 Å². The minimum Gasteiger partial charge on any atom is -0.543 e. The van der Waals surface area contributed by atoms with E-state index in [-0.39, 0.29) is 28.4 Å². The summed E-state index contributed by atoms with van der Waals surface area (Å²) in [4.78, 5) is 27.5. The van der Waals surface area contributed by atoms with Gasteiger partial charge in [-0.2, -0.15) is 0 Å². The molecule has 0 radical (unpaired) electrons. The lowest BCUT2D eigenvalue weighted by Gasteiger charge is -2.44. The Hall–Kier alpha value is -4.16. The van der Waals surface area contributed by atoms with Crippen molar-refractivity contribution in [3.63, 3.8) is 0 Å². The summed E-state index contributed by atoms with van der Waals surface area (Å²) in [5.41, 5.74) is 2.57. The maximum absolute atomic E-state index is 14.1. The fraction of sp³-hybridized carbons (Fsp3) is 0.409. The smallest absolute Gasteiger partial charge is 0.333 e. The number of rotatable bonds is 11. The molecule has 0 bridgehead atoms. The number of esters is 1. The van der Waals surface area contributed by atoms with Gasteiger partial charge >= 0.3 is 5.97 Å². The highest BCUT2D eigenvalue weighted by Crippen LogP contribution is 2.44. The van der Waals surface area contributed by atoms with E-state index in [0.717, 1.165) is 30.6 Å². The number of nitrogens with one attached hydrogen (secondary N) is 1. The summed E-state index contributed by atoms with van der Waals surface area (Å²) in [7, 11) is -1.99. The van der Waals surface area contributed by atoms with Gasteiger partial charge in [0.1, 0.15) is 17.9 Å². The molecule has 0 aliphatic heterocycles. The summed E-state index contributed by atoms with van der Waals surface area (Å²) in [6, 6.07) is 31.3. The lowest BCUT2D eigenvalue weighted by Crippen LogP contribution is -2.47. The Labute approximate surface area is 300 Å². The van der Waals surface area contributed by atoms with E-state index in [0.29, 0.717) is 17.9 Å². The summed E-state index contributed by atoms with van der Waals surface area (Å²) < 4.78 is 13.0. The van der Waals surface area contributed by atoms with Gasteiger partial charge in [0.15, 0.2) is 0 Å². The molecule has 1 aliphatic carbocycles. The Bertz CT molecular complexity index is 1810. The van der Waals surface area contributed by atoms with Crippen molar-refractivity contribution in [2.24, 2.45) is 11.8 Å². The average molecular weight is 690 g/mol. The van der Waals surface area contributed by atoms with Crippen LogP contribution in [0.3, 0.4) is 0 Å². The molecule has 5 rings (SSSR count). The minimum atomic E-state index is -1.99. The maximum Gasteiger partial charge on any atom is 0.333 e. The molecule has 1 aliphatic rings. The molecule has 5 nitrogen and oxygen atoms in total.